The minimum atomic E-state index is -1.15. The van der Waals surface area contributed by atoms with E-state index >= 15 is 0 Å². The minimum Gasteiger partial charge on any atom is -0.388 e. The molecule has 94 valence electrons. The highest BCUT2D eigenvalue weighted by Crippen LogP contribution is 2.17. The molecule has 6 heteroatoms. The molecule has 1 aromatic heterocycles. The summed E-state index contributed by atoms with van der Waals surface area (Å²) in [6, 6.07) is 2.73. The number of H-pyrrole nitrogens is 1. The maximum absolute atomic E-state index is 11.0. The predicted molar refractivity (Wildman–Crippen MR) is 61.5 cm³/mol. The molecule has 0 radical (unpaired) electrons. The molecule has 0 aromatic carbocycles. The van der Waals surface area contributed by atoms with Crippen molar-refractivity contribution in [1.82, 2.24) is 10.3 Å². The van der Waals surface area contributed by atoms with Gasteiger partial charge in [-0.2, -0.15) is 0 Å². The van der Waals surface area contributed by atoms with Gasteiger partial charge < -0.3 is 20.5 Å². The van der Waals surface area contributed by atoms with E-state index in [2.05, 4.69) is 10.3 Å². The molecular weight excluding hydrogens is 224 g/mol. The van der Waals surface area contributed by atoms with Crippen LogP contribution in [0.25, 0.3) is 0 Å². The third-order valence-electron chi connectivity index (χ3n) is 2.40. The summed E-state index contributed by atoms with van der Waals surface area (Å²) in [6.07, 6.45) is -2.28. The number of aliphatic hydroxyl groups is 2. The monoisotopic (exact) mass is 240 g/mol. The number of carbonyl (C=O) groups excluding carboxylic acids is 1. The van der Waals surface area contributed by atoms with Gasteiger partial charge in [0.25, 0.3) is 0 Å². The summed E-state index contributed by atoms with van der Waals surface area (Å²) in [5.74, 6) is -0.283. The number of amides is 1. The molecule has 17 heavy (non-hydrogen) atoms. The first-order valence-corrected chi connectivity index (χ1v) is 5.22. The molecule has 0 aliphatic heterocycles. The number of carbonyl (C=O) groups is 1. The molecule has 1 amide bonds. The van der Waals surface area contributed by atoms with E-state index in [-0.39, 0.29) is 18.0 Å². The zero-order valence-electron chi connectivity index (χ0n) is 9.73. The fraction of sp³-hybridized carbons (Fsp3) is 0.455. The van der Waals surface area contributed by atoms with Crippen LogP contribution in [0.2, 0.25) is 0 Å². The zero-order chi connectivity index (χ0) is 13.0. The van der Waals surface area contributed by atoms with Crippen molar-refractivity contribution in [2.24, 2.45) is 0 Å². The van der Waals surface area contributed by atoms with E-state index in [0.29, 0.717) is 11.3 Å². The normalized spacial score (nSPS) is 14.1. The van der Waals surface area contributed by atoms with Crippen molar-refractivity contribution in [3.8, 4) is 0 Å². The highest BCUT2D eigenvalue weighted by Gasteiger charge is 2.20. The second-order valence-electron chi connectivity index (χ2n) is 3.85. The maximum Gasteiger partial charge on any atom is 0.248 e. The van der Waals surface area contributed by atoms with Gasteiger partial charge >= 0.3 is 0 Å². The summed E-state index contributed by atoms with van der Waals surface area (Å²) in [5, 5.41) is 21.9. The van der Waals surface area contributed by atoms with Crippen molar-refractivity contribution in [2.45, 2.75) is 26.1 Å². The van der Waals surface area contributed by atoms with Gasteiger partial charge in [-0.1, -0.05) is 0 Å². The molecule has 2 unspecified atom stereocenters. The van der Waals surface area contributed by atoms with Crippen molar-refractivity contribution in [1.29, 1.82) is 0 Å². The van der Waals surface area contributed by atoms with Crippen molar-refractivity contribution in [2.75, 3.05) is 6.54 Å². The van der Waals surface area contributed by atoms with Gasteiger partial charge in [-0.25, -0.2) is 0 Å². The minimum absolute atomic E-state index is 0.0466. The Bertz CT molecular complexity index is 455. The number of aliphatic hydroxyl groups excluding tert-OH is 2. The first-order valence-electron chi connectivity index (χ1n) is 5.22. The fourth-order valence-electron chi connectivity index (χ4n) is 1.48. The number of hydrogen-bond acceptors (Lipinski definition) is 4. The van der Waals surface area contributed by atoms with Gasteiger partial charge in [0.1, 0.15) is 12.2 Å². The van der Waals surface area contributed by atoms with Crippen molar-refractivity contribution in [3.63, 3.8) is 0 Å². The summed E-state index contributed by atoms with van der Waals surface area (Å²) < 4.78 is 0. The van der Waals surface area contributed by atoms with Crippen molar-refractivity contribution in [3.05, 3.63) is 33.7 Å². The van der Waals surface area contributed by atoms with Crippen LogP contribution in [0.15, 0.2) is 16.9 Å². The largest absolute Gasteiger partial charge is 0.388 e. The summed E-state index contributed by atoms with van der Waals surface area (Å²) in [6.45, 7) is 2.91. The van der Waals surface area contributed by atoms with Crippen LogP contribution >= 0.6 is 0 Å². The molecule has 0 saturated heterocycles. The molecule has 2 atom stereocenters. The highest BCUT2D eigenvalue weighted by molar-refractivity contribution is 5.72. The molecular formula is C11H16N2O4. The van der Waals surface area contributed by atoms with E-state index in [1.807, 2.05) is 0 Å². The Morgan fingerprint density at radius 3 is 2.65 bits per heavy atom. The van der Waals surface area contributed by atoms with Crippen LogP contribution in [-0.2, 0) is 4.79 Å². The maximum atomic E-state index is 11.0. The Labute approximate surface area is 98.3 Å². The van der Waals surface area contributed by atoms with Crippen LogP contribution < -0.4 is 10.9 Å². The summed E-state index contributed by atoms with van der Waals surface area (Å²) in [5.41, 5.74) is 0.657. The Morgan fingerprint density at radius 1 is 1.47 bits per heavy atom. The van der Waals surface area contributed by atoms with Gasteiger partial charge in [-0.3, -0.25) is 9.59 Å². The number of hydrogen-bond donors (Lipinski definition) is 4. The third-order valence-corrected chi connectivity index (χ3v) is 2.40. The molecule has 0 saturated carbocycles. The quantitative estimate of drug-likeness (QED) is 0.554. The average Bonchev–Trinajstić information content (AvgIpc) is 2.25. The van der Waals surface area contributed by atoms with Gasteiger partial charge in [0.2, 0.25) is 11.5 Å². The Hall–Kier alpha value is -1.66. The fourth-order valence-corrected chi connectivity index (χ4v) is 1.48. The first kappa shape index (κ1) is 13.4. The number of aryl methyl sites for hydroxylation is 1. The lowest BCUT2D eigenvalue weighted by Crippen LogP contribution is -2.34. The first-order chi connectivity index (χ1) is 7.91. The van der Waals surface area contributed by atoms with Crippen LogP contribution in [0.4, 0.5) is 0 Å². The summed E-state index contributed by atoms with van der Waals surface area (Å²) >= 11 is 0. The van der Waals surface area contributed by atoms with Crippen LogP contribution in [0.3, 0.4) is 0 Å². The third kappa shape index (κ3) is 3.69. The van der Waals surface area contributed by atoms with Crippen molar-refractivity contribution < 1.29 is 15.0 Å². The molecule has 0 spiro atoms. The van der Waals surface area contributed by atoms with E-state index in [1.54, 1.807) is 6.92 Å². The van der Waals surface area contributed by atoms with Crippen LogP contribution in [0.1, 0.15) is 24.3 Å². The Kier molecular flexibility index (Phi) is 4.42. The number of aromatic amines is 1. The standard InChI is InChI=1S/C11H16N2O4/c1-6-8(3-4-10(16)13-6)11(17)9(15)5-12-7(2)14/h3-4,9,11,15,17H,5H2,1-2H3,(H,12,14)(H,13,16). The summed E-state index contributed by atoms with van der Waals surface area (Å²) in [7, 11) is 0. The Morgan fingerprint density at radius 2 is 2.12 bits per heavy atom. The van der Waals surface area contributed by atoms with E-state index < -0.39 is 12.2 Å². The smallest absolute Gasteiger partial charge is 0.248 e. The number of aromatic nitrogens is 1. The van der Waals surface area contributed by atoms with Crippen LogP contribution in [0, 0.1) is 6.92 Å². The second kappa shape index (κ2) is 5.60. The number of pyridine rings is 1. The molecule has 0 aliphatic rings. The second-order valence-corrected chi connectivity index (χ2v) is 3.85. The number of rotatable bonds is 4. The van der Waals surface area contributed by atoms with Gasteiger partial charge in [0.15, 0.2) is 0 Å². The molecule has 6 nitrogen and oxygen atoms in total. The van der Waals surface area contributed by atoms with E-state index in [9.17, 15) is 19.8 Å². The SMILES string of the molecule is CC(=O)NCC(O)C(O)c1ccc(=O)[nH]c1C. The molecule has 4 N–H and O–H groups in total. The lowest BCUT2D eigenvalue weighted by Gasteiger charge is -2.19. The summed E-state index contributed by atoms with van der Waals surface area (Å²) in [4.78, 5) is 24.2. The molecule has 1 aromatic rings. The van der Waals surface area contributed by atoms with Crippen LogP contribution in [-0.4, -0.2) is 33.8 Å². The number of nitrogens with one attached hydrogen (secondary N) is 2. The van der Waals surface area contributed by atoms with Gasteiger partial charge in [-0.15, -0.1) is 0 Å². The lowest BCUT2D eigenvalue weighted by molar-refractivity contribution is -0.119. The topological polar surface area (TPSA) is 102 Å². The lowest BCUT2D eigenvalue weighted by atomic mass is 10.0. The van der Waals surface area contributed by atoms with E-state index in [1.165, 1.54) is 19.1 Å². The molecule has 0 fully saturated rings. The van der Waals surface area contributed by atoms with Gasteiger partial charge in [0, 0.05) is 30.8 Å². The van der Waals surface area contributed by atoms with Gasteiger partial charge in [0.05, 0.1) is 0 Å². The molecule has 1 heterocycles. The Balaban J connectivity index is 2.77. The van der Waals surface area contributed by atoms with Crippen molar-refractivity contribution >= 4 is 5.91 Å². The zero-order valence-corrected chi connectivity index (χ0v) is 9.73. The van der Waals surface area contributed by atoms with Crippen LogP contribution in [0.5, 0.6) is 0 Å². The highest BCUT2D eigenvalue weighted by atomic mass is 16.3. The predicted octanol–water partition coefficient (Wildman–Crippen LogP) is -0.786. The average molecular weight is 240 g/mol. The van der Waals surface area contributed by atoms with E-state index in [0.717, 1.165) is 0 Å². The molecule has 1 rings (SSSR count). The molecule has 0 bridgehead atoms. The van der Waals surface area contributed by atoms with E-state index in [4.69, 9.17) is 0 Å². The van der Waals surface area contributed by atoms with Gasteiger partial charge in [-0.05, 0) is 13.0 Å². The molecule has 0 aliphatic carbocycles.